The molecule has 0 saturated carbocycles. The molecular formula is C12H11FO4. The van der Waals surface area contributed by atoms with Gasteiger partial charge in [-0.1, -0.05) is 0 Å². The molecule has 0 spiro atoms. The monoisotopic (exact) mass is 238 g/mol. The fourth-order valence-electron chi connectivity index (χ4n) is 1.11. The third-order valence-electron chi connectivity index (χ3n) is 1.92. The molecular weight excluding hydrogens is 227 g/mol. The van der Waals surface area contributed by atoms with Crippen LogP contribution in [-0.2, 0) is 9.53 Å². The predicted molar refractivity (Wildman–Crippen MR) is 58.2 cm³/mol. The van der Waals surface area contributed by atoms with Gasteiger partial charge in [0.2, 0.25) is 0 Å². The Bertz CT molecular complexity index is 466. The quantitative estimate of drug-likeness (QED) is 0.349. The van der Waals surface area contributed by atoms with Gasteiger partial charge in [0, 0.05) is 0 Å². The number of ether oxygens (including phenoxy) is 2. The van der Waals surface area contributed by atoms with Crippen LogP contribution in [0, 0.1) is 5.82 Å². The molecule has 0 N–H and O–H groups in total. The molecule has 1 rings (SSSR count). The maximum Gasteiger partial charge on any atom is 0.333 e. The van der Waals surface area contributed by atoms with Gasteiger partial charge in [0.1, 0.15) is 11.6 Å². The zero-order valence-corrected chi connectivity index (χ0v) is 9.40. The summed E-state index contributed by atoms with van der Waals surface area (Å²) in [4.78, 5) is 22.0. The summed E-state index contributed by atoms with van der Waals surface area (Å²) in [5.74, 6) is -1.26. The second kappa shape index (κ2) is 5.79. The molecule has 0 saturated heterocycles. The number of benzene rings is 1. The van der Waals surface area contributed by atoms with Crippen molar-refractivity contribution in [2.24, 2.45) is 0 Å². The van der Waals surface area contributed by atoms with E-state index in [4.69, 9.17) is 4.74 Å². The largest absolute Gasteiger partial charge is 0.466 e. The van der Waals surface area contributed by atoms with Crippen molar-refractivity contribution in [3.8, 4) is 5.75 Å². The average molecular weight is 238 g/mol. The zero-order chi connectivity index (χ0) is 12.8. The normalized spacial score (nSPS) is 10.3. The fourth-order valence-corrected chi connectivity index (χ4v) is 1.11. The first-order valence-corrected chi connectivity index (χ1v) is 4.76. The van der Waals surface area contributed by atoms with E-state index in [1.807, 2.05) is 0 Å². The Balaban J connectivity index is 2.87. The van der Waals surface area contributed by atoms with E-state index in [1.165, 1.54) is 20.1 Å². The van der Waals surface area contributed by atoms with Crippen molar-refractivity contribution in [3.63, 3.8) is 0 Å². The van der Waals surface area contributed by atoms with Crippen LogP contribution in [0.15, 0.2) is 30.5 Å². The van der Waals surface area contributed by atoms with Crippen molar-refractivity contribution in [2.45, 2.75) is 6.92 Å². The third-order valence-corrected chi connectivity index (χ3v) is 1.92. The van der Waals surface area contributed by atoms with E-state index in [0.717, 1.165) is 24.5 Å². The van der Waals surface area contributed by atoms with Gasteiger partial charge in [-0.2, -0.15) is 0 Å². The number of rotatable bonds is 4. The van der Waals surface area contributed by atoms with Crippen LogP contribution in [0.2, 0.25) is 0 Å². The Hall–Kier alpha value is -2.17. The Labute approximate surface area is 97.6 Å². The highest BCUT2D eigenvalue weighted by molar-refractivity contribution is 5.96. The number of hydrogen-bond acceptors (Lipinski definition) is 4. The van der Waals surface area contributed by atoms with E-state index in [-0.39, 0.29) is 17.1 Å². The molecule has 0 aliphatic heterocycles. The molecule has 0 atom stereocenters. The number of Topliss-reactive ketones (excluding diaryl/α,β-unsaturated/α-hetero) is 1. The lowest BCUT2D eigenvalue weighted by atomic mass is 10.1. The van der Waals surface area contributed by atoms with Gasteiger partial charge in [-0.3, -0.25) is 4.79 Å². The SMILES string of the molecule is COC(=O)C=COc1ccc(F)cc1C(C)=O. The highest BCUT2D eigenvalue weighted by Crippen LogP contribution is 2.20. The molecule has 0 aliphatic carbocycles. The molecule has 17 heavy (non-hydrogen) atoms. The number of halogens is 1. The van der Waals surface area contributed by atoms with Gasteiger partial charge < -0.3 is 9.47 Å². The van der Waals surface area contributed by atoms with Crippen molar-refractivity contribution in [1.29, 1.82) is 0 Å². The summed E-state index contributed by atoms with van der Waals surface area (Å²) < 4.78 is 22.3. The Kier molecular flexibility index (Phi) is 4.39. The molecule has 1 aromatic carbocycles. The van der Waals surface area contributed by atoms with E-state index in [1.54, 1.807) is 0 Å². The first-order chi connectivity index (χ1) is 8.04. The summed E-state index contributed by atoms with van der Waals surface area (Å²) in [5, 5.41) is 0. The molecule has 0 bridgehead atoms. The van der Waals surface area contributed by atoms with Gasteiger partial charge in [-0.25, -0.2) is 9.18 Å². The maximum atomic E-state index is 12.9. The summed E-state index contributed by atoms with van der Waals surface area (Å²) in [6, 6.07) is 3.55. The minimum absolute atomic E-state index is 0.111. The second-order valence-corrected chi connectivity index (χ2v) is 3.14. The predicted octanol–water partition coefficient (Wildman–Crippen LogP) is 2.09. The van der Waals surface area contributed by atoms with Crippen LogP contribution < -0.4 is 4.74 Å². The molecule has 0 amide bonds. The lowest BCUT2D eigenvalue weighted by Gasteiger charge is -2.05. The second-order valence-electron chi connectivity index (χ2n) is 3.14. The molecule has 0 heterocycles. The van der Waals surface area contributed by atoms with Gasteiger partial charge in [0.05, 0.1) is 25.0 Å². The van der Waals surface area contributed by atoms with Crippen LogP contribution in [0.3, 0.4) is 0 Å². The summed E-state index contributed by atoms with van der Waals surface area (Å²) in [5.41, 5.74) is 0.111. The van der Waals surface area contributed by atoms with Gasteiger partial charge in [-0.05, 0) is 25.1 Å². The summed E-state index contributed by atoms with van der Waals surface area (Å²) in [7, 11) is 1.23. The minimum atomic E-state index is -0.587. The minimum Gasteiger partial charge on any atom is -0.466 e. The molecule has 5 heteroatoms. The number of esters is 1. The van der Waals surface area contributed by atoms with Crippen molar-refractivity contribution in [3.05, 3.63) is 41.9 Å². The molecule has 90 valence electrons. The van der Waals surface area contributed by atoms with Crippen molar-refractivity contribution < 1.29 is 23.5 Å². The number of carbonyl (C=O) groups is 2. The molecule has 0 unspecified atom stereocenters. The van der Waals surface area contributed by atoms with E-state index < -0.39 is 11.8 Å². The molecule has 4 nitrogen and oxygen atoms in total. The first kappa shape index (κ1) is 12.9. The molecule has 0 fully saturated rings. The number of hydrogen-bond donors (Lipinski definition) is 0. The van der Waals surface area contributed by atoms with Gasteiger partial charge >= 0.3 is 5.97 Å². The van der Waals surface area contributed by atoms with Crippen LogP contribution in [0.4, 0.5) is 4.39 Å². The fraction of sp³-hybridized carbons (Fsp3) is 0.167. The molecule has 0 aromatic heterocycles. The highest BCUT2D eigenvalue weighted by atomic mass is 19.1. The van der Waals surface area contributed by atoms with Crippen LogP contribution in [0.5, 0.6) is 5.75 Å². The summed E-state index contributed by atoms with van der Waals surface area (Å²) in [6.07, 6.45) is 2.12. The third kappa shape index (κ3) is 3.71. The lowest BCUT2D eigenvalue weighted by molar-refractivity contribution is -0.134. The smallest absolute Gasteiger partial charge is 0.333 e. The Morgan fingerprint density at radius 1 is 1.35 bits per heavy atom. The number of methoxy groups -OCH3 is 1. The Morgan fingerprint density at radius 2 is 2.06 bits per heavy atom. The number of ketones is 1. The summed E-state index contributed by atoms with van der Waals surface area (Å²) >= 11 is 0. The van der Waals surface area contributed by atoms with Crippen LogP contribution in [0.25, 0.3) is 0 Å². The van der Waals surface area contributed by atoms with E-state index >= 15 is 0 Å². The Morgan fingerprint density at radius 3 is 2.65 bits per heavy atom. The molecule has 1 aromatic rings. The average Bonchev–Trinajstić information content (AvgIpc) is 2.30. The molecule has 0 aliphatic rings. The molecule has 0 radical (unpaired) electrons. The topological polar surface area (TPSA) is 52.6 Å². The van der Waals surface area contributed by atoms with E-state index in [0.29, 0.717) is 0 Å². The van der Waals surface area contributed by atoms with Crippen LogP contribution >= 0.6 is 0 Å². The van der Waals surface area contributed by atoms with Crippen molar-refractivity contribution >= 4 is 11.8 Å². The van der Waals surface area contributed by atoms with E-state index in [9.17, 15) is 14.0 Å². The van der Waals surface area contributed by atoms with Gasteiger partial charge in [-0.15, -0.1) is 0 Å². The maximum absolute atomic E-state index is 12.9. The lowest BCUT2D eigenvalue weighted by Crippen LogP contribution is -1.99. The number of carbonyl (C=O) groups excluding carboxylic acids is 2. The summed E-state index contributed by atoms with van der Waals surface area (Å²) in [6.45, 7) is 1.30. The van der Waals surface area contributed by atoms with Crippen LogP contribution in [-0.4, -0.2) is 18.9 Å². The first-order valence-electron chi connectivity index (χ1n) is 4.76. The van der Waals surface area contributed by atoms with Gasteiger partial charge in [0.15, 0.2) is 5.78 Å². The van der Waals surface area contributed by atoms with Gasteiger partial charge in [0.25, 0.3) is 0 Å². The van der Waals surface area contributed by atoms with Crippen molar-refractivity contribution in [1.82, 2.24) is 0 Å². The van der Waals surface area contributed by atoms with Crippen LogP contribution in [0.1, 0.15) is 17.3 Å². The van der Waals surface area contributed by atoms with E-state index in [2.05, 4.69) is 4.74 Å². The standard InChI is InChI=1S/C12H11FO4/c1-8(14)10-7-9(13)3-4-11(10)17-6-5-12(15)16-2/h3-7H,1-2H3. The zero-order valence-electron chi connectivity index (χ0n) is 9.40. The van der Waals surface area contributed by atoms with Crippen molar-refractivity contribution in [2.75, 3.05) is 7.11 Å². The highest BCUT2D eigenvalue weighted by Gasteiger charge is 2.09.